The van der Waals surface area contributed by atoms with Crippen LogP contribution in [-0.2, 0) is 13.0 Å². The van der Waals surface area contributed by atoms with E-state index in [1.807, 2.05) is 18.2 Å². The van der Waals surface area contributed by atoms with Crippen LogP contribution >= 0.6 is 0 Å². The molecular weight excluding hydrogens is 386 g/mol. The molecule has 1 aliphatic heterocycles. The number of aromatic nitrogens is 2. The Kier molecular flexibility index (Phi) is 6.79. The maximum absolute atomic E-state index is 9.39. The third-order valence-electron chi connectivity index (χ3n) is 5.79. The molecule has 1 aromatic heterocycles. The van der Waals surface area contributed by atoms with Crippen LogP contribution in [0, 0.1) is 0 Å². The van der Waals surface area contributed by atoms with Crippen molar-refractivity contribution in [1.29, 1.82) is 0 Å². The van der Waals surface area contributed by atoms with E-state index >= 15 is 0 Å². The van der Waals surface area contributed by atoms with Crippen LogP contribution < -0.4 is 10.6 Å². The van der Waals surface area contributed by atoms with E-state index in [0.717, 1.165) is 49.4 Å². The van der Waals surface area contributed by atoms with Gasteiger partial charge in [-0.3, -0.25) is 4.90 Å². The summed E-state index contributed by atoms with van der Waals surface area (Å²) < 4.78 is 0. The molecule has 2 heterocycles. The molecule has 6 heteroatoms. The lowest BCUT2D eigenvalue weighted by molar-refractivity contribution is 0.139. The van der Waals surface area contributed by atoms with Crippen LogP contribution in [0.5, 0.6) is 5.75 Å². The van der Waals surface area contributed by atoms with E-state index in [0.29, 0.717) is 18.0 Å². The van der Waals surface area contributed by atoms with E-state index in [1.54, 1.807) is 18.3 Å². The molecule has 4 rings (SSSR count). The second kappa shape index (κ2) is 9.90. The fraction of sp³-hybridized carbons (Fsp3) is 0.360. The molecule has 0 aliphatic carbocycles. The lowest BCUT2D eigenvalue weighted by atomic mass is 10.1. The van der Waals surface area contributed by atoms with Crippen molar-refractivity contribution in [2.45, 2.75) is 38.9 Å². The van der Waals surface area contributed by atoms with Gasteiger partial charge in [-0.2, -0.15) is 0 Å². The molecule has 1 aliphatic rings. The number of phenols is 1. The SMILES string of the molecule is C[C@@H]1CN[C@@H](C)CN1Cc1cccc(-c2ccnc(NCCc3ccc(O)cc3)n2)c1. The molecule has 31 heavy (non-hydrogen) atoms. The van der Waals surface area contributed by atoms with Gasteiger partial charge in [-0.1, -0.05) is 30.3 Å². The number of nitrogens with zero attached hydrogens (tertiary/aromatic N) is 3. The molecule has 2 atom stereocenters. The Morgan fingerprint density at radius 2 is 1.94 bits per heavy atom. The van der Waals surface area contributed by atoms with Crippen LogP contribution in [0.25, 0.3) is 11.3 Å². The van der Waals surface area contributed by atoms with Gasteiger partial charge in [0, 0.05) is 50.0 Å². The number of benzene rings is 2. The van der Waals surface area contributed by atoms with Crippen molar-refractivity contribution in [1.82, 2.24) is 20.2 Å². The highest BCUT2D eigenvalue weighted by Gasteiger charge is 2.22. The Hall–Kier alpha value is -2.96. The molecule has 0 unspecified atom stereocenters. The summed E-state index contributed by atoms with van der Waals surface area (Å²) in [5.41, 5.74) is 4.49. The summed E-state index contributed by atoms with van der Waals surface area (Å²) in [4.78, 5) is 11.6. The Balaban J connectivity index is 1.40. The fourth-order valence-corrected chi connectivity index (χ4v) is 3.97. The molecule has 162 valence electrons. The average Bonchev–Trinajstić information content (AvgIpc) is 2.78. The van der Waals surface area contributed by atoms with Crippen LogP contribution in [0.15, 0.2) is 60.8 Å². The van der Waals surface area contributed by atoms with Crippen molar-refractivity contribution in [3.63, 3.8) is 0 Å². The van der Waals surface area contributed by atoms with Crippen molar-refractivity contribution in [2.24, 2.45) is 0 Å². The number of nitrogens with one attached hydrogen (secondary N) is 2. The minimum Gasteiger partial charge on any atom is -0.508 e. The summed E-state index contributed by atoms with van der Waals surface area (Å²) in [5.74, 6) is 0.919. The van der Waals surface area contributed by atoms with Crippen molar-refractivity contribution >= 4 is 5.95 Å². The fourth-order valence-electron chi connectivity index (χ4n) is 3.97. The highest BCUT2D eigenvalue weighted by atomic mass is 16.3. The zero-order valence-electron chi connectivity index (χ0n) is 18.3. The number of phenolic OH excluding ortho intramolecular Hbond substituents is 1. The first-order valence-electron chi connectivity index (χ1n) is 11.0. The predicted octanol–water partition coefficient (Wildman–Crippen LogP) is 3.69. The number of aromatic hydroxyl groups is 1. The van der Waals surface area contributed by atoms with E-state index in [1.165, 1.54) is 5.56 Å². The van der Waals surface area contributed by atoms with Crippen LogP contribution in [0.1, 0.15) is 25.0 Å². The lowest BCUT2D eigenvalue weighted by Crippen LogP contribution is -2.53. The molecule has 0 spiro atoms. The number of anilines is 1. The summed E-state index contributed by atoms with van der Waals surface area (Å²) >= 11 is 0. The number of hydrogen-bond donors (Lipinski definition) is 3. The number of hydrogen-bond acceptors (Lipinski definition) is 6. The van der Waals surface area contributed by atoms with E-state index < -0.39 is 0 Å². The topological polar surface area (TPSA) is 73.3 Å². The van der Waals surface area contributed by atoms with Crippen molar-refractivity contribution in [3.8, 4) is 17.0 Å². The third kappa shape index (κ3) is 5.81. The summed E-state index contributed by atoms with van der Waals surface area (Å²) in [5, 5.41) is 16.2. The lowest BCUT2D eigenvalue weighted by Gasteiger charge is -2.37. The highest BCUT2D eigenvalue weighted by molar-refractivity contribution is 5.61. The summed E-state index contributed by atoms with van der Waals surface area (Å²) in [7, 11) is 0. The van der Waals surface area contributed by atoms with E-state index in [-0.39, 0.29) is 5.75 Å². The maximum atomic E-state index is 9.39. The monoisotopic (exact) mass is 417 g/mol. The quantitative estimate of drug-likeness (QED) is 0.545. The maximum Gasteiger partial charge on any atom is 0.223 e. The largest absolute Gasteiger partial charge is 0.508 e. The van der Waals surface area contributed by atoms with Gasteiger partial charge in [-0.05, 0) is 55.7 Å². The summed E-state index contributed by atoms with van der Waals surface area (Å²) in [6, 6.07) is 18.9. The Morgan fingerprint density at radius 1 is 1.10 bits per heavy atom. The number of piperazine rings is 1. The van der Waals surface area contributed by atoms with Gasteiger partial charge >= 0.3 is 0 Å². The molecule has 2 aromatic carbocycles. The molecule has 1 saturated heterocycles. The van der Waals surface area contributed by atoms with E-state index in [9.17, 15) is 5.11 Å². The van der Waals surface area contributed by atoms with Gasteiger partial charge in [-0.15, -0.1) is 0 Å². The van der Waals surface area contributed by atoms with Gasteiger partial charge in [0.15, 0.2) is 0 Å². The average molecular weight is 418 g/mol. The molecule has 1 fully saturated rings. The number of rotatable bonds is 7. The van der Waals surface area contributed by atoms with E-state index in [2.05, 4.69) is 58.6 Å². The first-order valence-corrected chi connectivity index (χ1v) is 11.0. The standard InChI is InChI=1S/C25H31N5O/c1-18-16-30(19(2)15-28-18)17-21-4-3-5-22(14-21)24-11-13-27-25(29-24)26-12-10-20-6-8-23(31)9-7-20/h3-9,11,13-14,18-19,28,31H,10,12,15-17H2,1-2H3,(H,26,27,29)/t18-,19+/m0/s1. The molecule has 0 radical (unpaired) electrons. The normalized spacial score (nSPS) is 19.3. The second-order valence-electron chi connectivity index (χ2n) is 8.40. The van der Waals surface area contributed by atoms with Crippen molar-refractivity contribution in [2.75, 3.05) is 25.0 Å². The van der Waals surface area contributed by atoms with Crippen LogP contribution in [0.4, 0.5) is 5.95 Å². The van der Waals surface area contributed by atoms with Gasteiger partial charge in [0.2, 0.25) is 5.95 Å². The van der Waals surface area contributed by atoms with Gasteiger partial charge in [0.05, 0.1) is 5.69 Å². The second-order valence-corrected chi connectivity index (χ2v) is 8.40. The first kappa shape index (κ1) is 21.3. The van der Waals surface area contributed by atoms with E-state index in [4.69, 9.17) is 4.98 Å². The minimum absolute atomic E-state index is 0.288. The third-order valence-corrected chi connectivity index (χ3v) is 5.79. The predicted molar refractivity (Wildman–Crippen MR) is 125 cm³/mol. The van der Waals surface area contributed by atoms with Gasteiger partial charge in [-0.25, -0.2) is 9.97 Å². The molecule has 0 amide bonds. The molecule has 6 nitrogen and oxygen atoms in total. The van der Waals surface area contributed by atoms with Gasteiger partial charge in [0.25, 0.3) is 0 Å². The zero-order valence-corrected chi connectivity index (χ0v) is 18.3. The highest BCUT2D eigenvalue weighted by Crippen LogP contribution is 2.21. The molecule has 0 bridgehead atoms. The summed E-state index contributed by atoms with van der Waals surface area (Å²) in [6.45, 7) is 8.30. The van der Waals surface area contributed by atoms with Gasteiger partial charge < -0.3 is 15.7 Å². The summed E-state index contributed by atoms with van der Waals surface area (Å²) in [6.07, 6.45) is 2.64. The minimum atomic E-state index is 0.288. The smallest absolute Gasteiger partial charge is 0.223 e. The molecule has 0 saturated carbocycles. The van der Waals surface area contributed by atoms with Crippen molar-refractivity contribution in [3.05, 3.63) is 71.9 Å². The van der Waals surface area contributed by atoms with Crippen LogP contribution in [-0.4, -0.2) is 51.7 Å². The van der Waals surface area contributed by atoms with Crippen LogP contribution in [0.3, 0.4) is 0 Å². The first-order chi connectivity index (χ1) is 15.1. The van der Waals surface area contributed by atoms with Crippen LogP contribution in [0.2, 0.25) is 0 Å². The Bertz CT molecular complexity index is 991. The zero-order chi connectivity index (χ0) is 21.6. The van der Waals surface area contributed by atoms with Gasteiger partial charge in [0.1, 0.15) is 5.75 Å². The van der Waals surface area contributed by atoms with Crippen molar-refractivity contribution < 1.29 is 5.11 Å². The Morgan fingerprint density at radius 3 is 2.77 bits per heavy atom. The molecule has 3 aromatic rings. The Labute approximate surface area is 184 Å². The molecule has 3 N–H and O–H groups in total. The molecular formula is C25H31N5O.